The molecule has 0 spiro atoms. The molecule has 0 bridgehead atoms. The molecule has 0 saturated carbocycles. The van der Waals surface area contributed by atoms with Crippen LogP contribution in [0.1, 0.15) is 29.1 Å². The van der Waals surface area contributed by atoms with Gasteiger partial charge in [-0.1, -0.05) is 60.7 Å². The Morgan fingerprint density at radius 2 is 1.55 bits per heavy atom. The minimum atomic E-state index is -0.324. The molecule has 162 valence electrons. The van der Waals surface area contributed by atoms with Crippen molar-refractivity contribution in [2.45, 2.75) is 13.0 Å². The second-order valence-corrected chi connectivity index (χ2v) is 7.62. The van der Waals surface area contributed by atoms with Gasteiger partial charge in [0.2, 0.25) is 5.82 Å². The Balaban J connectivity index is 1.52. The summed E-state index contributed by atoms with van der Waals surface area (Å²) in [6, 6.07) is 27.0. The maximum Gasteiger partial charge on any atom is 0.292 e. The highest BCUT2D eigenvalue weighted by Gasteiger charge is 2.20. The molecule has 5 aromatic rings. The van der Waals surface area contributed by atoms with Crippen LogP contribution in [-0.4, -0.2) is 25.4 Å². The third kappa shape index (κ3) is 4.29. The highest BCUT2D eigenvalue weighted by Crippen LogP contribution is 2.23. The average molecular weight is 435 g/mol. The fourth-order valence-electron chi connectivity index (χ4n) is 3.70. The lowest BCUT2D eigenvalue weighted by atomic mass is 10.1. The lowest BCUT2D eigenvalue weighted by molar-refractivity contribution is 0.101. The number of carbonyl (C=O) groups excluding carboxylic acids is 1. The van der Waals surface area contributed by atoms with Gasteiger partial charge < -0.3 is 10.6 Å². The van der Waals surface area contributed by atoms with Gasteiger partial charge in [-0.15, -0.1) is 0 Å². The van der Waals surface area contributed by atoms with Gasteiger partial charge >= 0.3 is 0 Å². The van der Waals surface area contributed by atoms with Crippen molar-refractivity contribution in [3.63, 3.8) is 0 Å². The van der Waals surface area contributed by atoms with Crippen LogP contribution in [0.5, 0.6) is 0 Å². The molecule has 2 N–H and O–H groups in total. The molecule has 7 nitrogen and oxygen atoms in total. The quantitative estimate of drug-likeness (QED) is 0.382. The second kappa shape index (κ2) is 8.92. The number of anilines is 2. The molecule has 0 aliphatic heterocycles. The van der Waals surface area contributed by atoms with Crippen LogP contribution in [0.2, 0.25) is 0 Å². The number of nitrogens with zero attached hydrogens (tertiary/aromatic N) is 4. The lowest BCUT2D eigenvalue weighted by Gasteiger charge is -2.16. The molecule has 0 radical (unpaired) electrons. The zero-order valence-electron chi connectivity index (χ0n) is 18.0. The topological polar surface area (TPSA) is 84.7 Å². The van der Waals surface area contributed by atoms with Gasteiger partial charge in [0.05, 0.1) is 23.4 Å². The molecule has 0 unspecified atom stereocenters. The number of nitrogens with one attached hydrogen (secondary N) is 2. The highest BCUT2D eigenvalue weighted by molar-refractivity contribution is 6.04. The Labute approximate surface area is 191 Å². The van der Waals surface area contributed by atoms with E-state index in [-0.39, 0.29) is 17.8 Å². The molecule has 0 saturated heterocycles. The number of para-hydroxylation sites is 3. The first-order valence-electron chi connectivity index (χ1n) is 10.7. The van der Waals surface area contributed by atoms with Gasteiger partial charge in [0.1, 0.15) is 5.82 Å². The number of amides is 1. The Hall–Kier alpha value is -4.52. The monoisotopic (exact) mass is 434 g/mol. The van der Waals surface area contributed by atoms with Crippen molar-refractivity contribution in [2.24, 2.45) is 0 Å². The molecule has 3 aromatic carbocycles. The molecule has 33 heavy (non-hydrogen) atoms. The lowest BCUT2D eigenvalue weighted by Crippen LogP contribution is -2.18. The predicted molar refractivity (Wildman–Crippen MR) is 130 cm³/mol. The molecule has 1 amide bonds. The van der Waals surface area contributed by atoms with E-state index >= 15 is 0 Å². The Morgan fingerprint density at radius 1 is 0.848 bits per heavy atom. The van der Waals surface area contributed by atoms with Crippen LogP contribution in [0, 0.1) is 0 Å². The molecule has 1 atom stereocenters. The van der Waals surface area contributed by atoms with Crippen molar-refractivity contribution in [1.29, 1.82) is 0 Å². The van der Waals surface area contributed by atoms with E-state index in [0.29, 0.717) is 22.8 Å². The zero-order chi connectivity index (χ0) is 22.6. The first-order valence-corrected chi connectivity index (χ1v) is 10.7. The molecule has 0 aliphatic carbocycles. The van der Waals surface area contributed by atoms with E-state index in [4.69, 9.17) is 4.98 Å². The van der Waals surface area contributed by atoms with Crippen molar-refractivity contribution in [3.05, 3.63) is 109 Å². The molecule has 5 rings (SSSR count). The number of aromatic nitrogens is 4. The summed E-state index contributed by atoms with van der Waals surface area (Å²) in [5.74, 6) is 1.03. The fourth-order valence-corrected chi connectivity index (χ4v) is 3.70. The van der Waals surface area contributed by atoms with Gasteiger partial charge in [-0.05, 0) is 36.8 Å². The van der Waals surface area contributed by atoms with Crippen LogP contribution in [0.4, 0.5) is 11.5 Å². The van der Waals surface area contributed by atoms with Gasteiger partial charge in [0.25, 0.3) is 5.91 Å². The normalized spacial score (nSPS) is 11.8. The summed E-state index contributed by atoms with van der Waals surface area (Å²) >= 11 is 0. The Kier molecular flexibility index (Phi) is 5.51. The standard InChI is InChI=1S/C26H22N6O/c1-18(19-10-4-2-5-11-19)28-23-16-27-17-24(31-23)32-22-15-9-8-14-21(22)30-25(32)26(33)29-20-12-6-3-7-13-20/h2-18H,1H3,(H,28,31)(H,29,33)/t18-/m0/s1. The summed E-state index contributed by atoms with van der Waals surface area (Å²) in [6.45, 7) is 2.06. The summed E-state index contributed by atoms with van der Waals surface area (Å²) in [5, 5.41) is 6.30. The zero-order valence-corrected chi connectivity index (χ0v) is 18.0. The van der Waals surface area contributed by atoms with E-state index in [1.165, 1.54) is 0 Å². The van der Waals surface area contributed by atoms with Crippen LogP contribution < -0.4 is 10.6 Å². The van der Waals surface area contributed by atoms with Crippen LogP contribution in [0.3, 0.4) is 0 Å². The number of hydrogen-bond donors (Lipinski definition) is 2. The molecular formula is C26H22N6O. The number of benzene rings is 3. The summed E-state index contributed by atoms with van der Waals surface area (Å²) in [4.78, 5) is 26.9. The van der Waals surface area contributed by atoms with Gasteiger partial charge in [-0.2, -0.15) is 0 Å². The largest absolute Gasteiger partial charge is 0.362 e. The minimum absolute atomic E-state index is 0.0381. The molecule has 0 fully saturated rings. The minimum Gasteiger partial charge on any atom is -0.362 e. The maximum absolute atomic E-state index is 13.2. The average Bonchev–Trinajstić information content (AvgIpc) is 3.25. The van der Waals surface area contributed by atoms with Gasteiger partial charge in [0, 0.05) is 11.7 Å². The number of imidazole rings is 1. The smallest absolute Gasteiger partial charge is 0.292 e. The van der Waals surface area contributed by atoms with Crippen molar-refractivity contribution in [1.82, 2.24) is 19.5 Å². The molecular weight excluding hydrogens is 412 g/mol. The van der Waals surface area contributed by atoms with Crippen LogP contribution in [-0.2, 0) is 0 Å². The summed E-state index contributed by atoms with van der Waals surface area (Å²) in [6.07, 6.45) is 3.30. The first kappa shape index (κ1) is 20.4. The van der Waals surface area contributed by atoms with Gasteiger partial charge in [0.15, 0.2) is 5.82 Å². The van der Waals surface area contributed by atoms with Crippen LogP contribution in [0.25, 0.3) is 16.9 Å². The molecule has 7 heteroatoms. The van der Waals surface area contributed by atoms with Crippen LogP contribution >= 0.6 is 0 Å². The van der Waals surface area contributed by atoms with Crippen molar-refractivity contribution >= 4 is 28.4 Å². The number of hydrogen-bond acceptors (Lipinski definition) is 5. The van der Waals surface area contributed by atoms with E-state index in [9.17, 15) is 4.79 Å². The van der Waals surface area contributed by atoms with E-state index in [0.717, 1.165) is 11.1 Å². The Morgan fingerprint density at radius 3 is 2.33 bits per heavy atom. The van der Waals surface area contributed by atoms with E-state index in [2.05, 4.69) is 39.7 Å². The highest BCUT2D eigenvalue weighted by atomic mass is 16.2. The van der Waals surface area contributed by atoms with E-state index < -0.39 is 0 Å². The second-order valence-electron chi connectivity index (χ2n) is 7.62. The van der Waals surface area contributed by atoms with E-state index in [1.807, 2.05) is 72.8 Å². The Bertz CT molecular complexity index is 1400. The van der Waals surface area contributed by atoms with Crippen molar-refractivity contribution in [3.8, 4) is 5.82 Å². The maximum atomic E-state index is 13.2. The van der Waals surface area contributed by atoms with E-state index in [1.54, 1.807) is 17.0 Å². The van der Waals surface area contributed by atoms with Crippen molar-refractivity contribution < 1.29 is 4.79 Å². The summed E-state index contributed by atoms with van der Waals surface area (Å²) in [5.41, 5.74) is 3.31. The number of fused-ring (bicyclic) bond motifs is 1. The van der Waals surface area contributed by atoms with Crippen molar-refractivity contribution in [2.75, 3.05) is 10.6 Å². The molecule has 0 aliphatic rings. The first-order chi connectivity index (χ1) is 16.2. The fraction of sp³-hybridized carbons (Fsp3) is 0.0769. The SMILES string of the molecule is C[C@H](Nc1cncc(-n2c(C(=O)Nc3ccccc3)nc3ccccc32)n1)c1ccccc1. The molecule has 2 aromatic heterocycles. The van der Waals surface area contributed by atoms with Crippen LogP contribution in [0.15, 0.2) is 97.3 Å². The summed E-state index contributed by atoms with van der Waals surface area (Å²) < 4.78 is 1.74. The van der Waals surface area contributed by atoms with Gasteiger partial charge in [-0.3, -0.25) is 14.3 Å². The third-order valence-corrected chi connectivity index (χ3v) is 5.31. The predicted octanol–water partition coefficient (Wildman–Crippen LogP) is 5.24. The summed E-state index contributed by atoms with van der Waals surface area (Å²) in [7, 11) is 0. The van der Waals surface area contributed by atoms with Gasteiger partial charge in [-0.25, -0.2) is 9.97 Å². The molecule has 2 heterocycles. The number of carbonyl (C=O) groups is 1. The number of rotatable bonds is 6. The third-order valence-electron chi connectivity index (χ3n) is 5.31.